The van der Waals surface area contributed by atoms with Crippen molar-refractivity contribution < 1.29 is 0 Å². The Hall–Kier alpha value is 0.460. The van der Waals surface area contributed by atoms with Crippen molar-refractivity contribution in [3.8, 4) is 0 Å². The van der Waals surface area contributed by atoms with Gasteiger partial charge in [0.15, 0.2) is 0 Å². The van der Waals surface area contributed by atoms with E-state index >= 15 is 0 Å². The highest BCUT2D eigenvalue weighted by Gasteiger charge is 2.21. The van der Waals surface area contributed by atoms with Gasteiger partial charge in [-0.3, -0.25) is 0 Å². The summed E-state index contributed by atoms with van der Waals surface area (Å²) in [4.78, 5) is 2.45. The first-order valence-corrected chi connectivity index (χ1v) is 6.13. The second-order valence-corrected chi connectivity index (χ2v) is 5.76. The quantitative estimate of drug-likeness (QED) is 0.809. The zero-order valence-electron chi connectivity index (χ0n) is 11.4. The number of nitrogens with one attached hydrogen (secondary N) is 1. The van der Waals surface area contributed by atoms with Gasteiger partial charge in [0, 0.05) is 13.1 Å². The molecule has 3 nitrogen and oxygen atoms in total. The molecule has 1 rings (SSSR count). The number of hydrogen-bond donors (Lipinski definition) is 2. The Balaban J connectivity index is 0. The van der Waals surface area contributed by atoms with Crippen LogP contribution in [-0.4, -0.2) is 44.7 Å². The summed E-state index contributed by atoms with van der Waals surface area (Å²) in [6.45, 7) is 9.97. The predicted octanol–water partition coefficient (Wildman–Crippen LogP) is 1.75. The molecule has 0 radical (unpaired) electrons. The summed E-state index contributed by atoms with van der Waals surface area (Å²) in [7, 11) is 2.22. The minimum atomic E-state index is 0. The average Bonchev–Trinajstić information content (AvgIpc) is 2.18. The summed E-state index contributed by atoms with van der Waals surface area (Å²) in [6, 6.07) is 0. The van der Waals surface area contributed by atoms with E-state index in [2.05, 4.69) is 31.1 Å². The Morgan fingerprint density at radius 1 is 1.24 bits per heavy atom. The molecule has 0 saturated carbocycles. The average molecular weight is 286 g/mol. The molecule has 3 N–H and O–H groups in total. The van der Waals surface area contributed by atoms with E-state index in [4.69, 9.17) is 5.73 Å². The van der Waals surface area contributed by atoms with Crippen molar-refractivity contribution in [3.05, 3.63) is 0 Å². The fraction of sp³-hybridized carbons (Fsp3) is 1.00. The largest absolute Gasteiger partial charge is 0.330 e. The van der Waals surface area contributed by atoms with Gasteiger partial charge in [-0.25, -0.2) is 0 Å². The second kappa shape index (κ2) is 9.40. The van der Waals surface area contributed by atoms with Gasteiger partial charge in [0.05, 0.1) is 0 Å². The van der Waals surface area contributed by atoms with Gasteiger partial charge in [0.1, 0.15) is 0 Å². The van der Waals surface area contributed by atoms with Gasteiger partial charge in [-0.1, -0.05) is 13.8 Å². The van der Waals surface area contributed by atoms with Crippen molar-refractivity contribution in [1.82, 2.24) is 10.2 Å². The first-order valence-electron chi connectivity index (χ1n) is 6.13. The van der Waals surface area contributed by atoms with Crippen LogP contribution in [0.15, 0.2) is 0 Å². The van der Waals surface area contributed by atoms with Crippen LogP contribution in [0, 0.1) is 11.3 Å². The Morgan fingerprint density at radius 2 is 1.76 bits per heavy atom. The molecule has 1 saturated heterocycles. The van der Waals surface area contributed by atoms with E-state index in [-0.39, 0.29) is 30.2 Å². The topological polar surface area (TPSA) is 41.3 Å². The molecule has 106 valence electrons. The molecule has 0 spiro atoms. The van der Waals surface area contributed by atoms with Crippen molar-refractivity contribution in [2.75, 3.05) is 39.8 Å². The van der Waals surface area contributed by atoms with E-state index in [0.29, 0.717) is 0 Å². The number of nitrogens with zero attached hydrogens (tertiary/aromatic N) is 1. The smallest absolute Gasteiger partial charge is 0.00418 e. The number of piperidine rings is 1. The molecule has 0 aromatic rings. The van der Waals surface area contributed by atoms with Gasteiger partial charge < -0.3 is 16.0 Å². The zero-order valence-corrected chi connectivity index (χ0v) is 13.0. The summed E-state index contributed by atoms with van der Waals surface area (Å²) in [5.41, 5.74) is 6.00. The third-order valence-electron chi connectivity index (χ3n) is 3.28. The molecule has 0 aromatic heterocycles. The second-order valence-electron chi connectivity index (χ2n) is 5.76. The molecule has 0 atom stereocenters. The van der Waals surface area contributed by atoms with Crippen LogP contribution in [0.3, 0.4) is 0 Å². The Morgan fingerprint density at radius 3 is 2.24 bits per heavy atom. The lowest BCUT2D eigenvalue weighted by atomic mass is 9.92. The molecule has 0 aliphatic carbocycles. The molecule has 1 aliphatic rings. The minimum Gasteiger partial charge on any atom is -0.330 e. The van der Waals surface area contributed by atoms with Crippen LogP contribution in [0.25, 0.3) is 0 Å². The van der Waals surface area contributed by atoms with Gasteiger partial charge >= 0.3 is 0 Å². The first kappa shape index (κ1) is 19.8. The van der Waals surface area contributed by atoms with Crippen LogP contribution < -0.4 is 11.1 Å². The summed E-state index contributed by atoms with van der Waals surface area (Å²) in [6.07, 6.45) is 2.65. The van der Waals surface area contributed by atoms with E-state index in [1.165, 1.54) is 32.5 Å². The van der Waals surface area contributed by atoms with Crippen LogP contribution in [0.2, 0.25) is 0 Å². The van der Waals surface area contributed by atoms with Crippen LogP contribution in [-0.2, 0) is 0 Å². The van der Waals surface area contributed by atoms with E-state index in [9.17, 15) is 0 Å². The van der Waals surface area contributed by atoms with E-state index < -0.39 is 0 Å². The number of hydrogen-bond acceptors (Lipinski definition) is 3. The molecular formula is C12H29Cl2N3. The summed E-state index contributed by atoms with van der Waals surface area (Å²) in [5, 5.41) is 3.41. The van der Waals surface area contributed by atoms with Crippen LogP contribution in [0.4, 0.5) is 0 Å². The third-order valence-corrected chi connectivity index (χ3v) is 3.28. The molecule has 0 bridgehead atoms. The van der Waals surface area contributed by atoms with Gasteiger partial charge in [-0.15, -0.1) is 24.8 Å². The van der Waals surface area contributed by atoms with E-state index in [0.717, 1.165) is 19.0 Å². The molecule has 0 aromatic carbocycles. The number of nitrogens with two attached hydrogens (primary N) is 1. The first-order chi connectivity index (χ1) is 7.03. The Labute approximate surface area is 119 Å². The fourth-order valence-corrected chi connectivity index (χ4v) is 2.36. The van der Waals surface area contributed by atoms with Crippen molar-refractivity contribution in [2.24, 2.45) is 17.1 Å². The van der Waals surface area contributed by atoms with Gasteiger partial charge in [0.25, 0.3) is 0 Å². The van der Waals surface area contributed by atoms with Gasteiger partial charge in [0.2, 0.25) is 0 Å². The standard InChI is InChI=1S/C12H27N3.2ClH/c1-12(2,9-13)10-15(3)8-11-4-6-14-7-5-11;;/h11,14H,4-10,13H2,1-3H3;2*1H. The Bertz CT molecular complexity index is 183. The fourth-order valence-electron chi connectivity index (χ4n) is 2.36. The molecule has 0 unspecified atom stereocenters. The lowest BCUT2D eigenvalue weighted by molar-refractivity contribution is 0.176. The highest BCUT2D eigenvalue weighted by molar-refractivity contribution is 5.85. The maximum absolute atomic E-state index is 5.75. The minimum absolute atomic E-state index is 0. The molecular weight excluding hydrogens is 257 g/mol. The normalized spacial score (nSPS) is 17.5. The molecule has 1 fully saturated rings. The molecule has 1 heterocycles. The number of halogens is 2. The number of rotatable bonds is 5. The maximum Gasteiger partial charge on any atom is 0.00418 e. The van der Waals surface area contributed by atoms with Crippen LogP contribution in [0.5, 0.6) is 0 Å². The molecule has 5 heteroatoms. The SMILES string of the molecule is CN(CC1CCNCC1)CC(C)(C)CN.Cl.Cl. The molecule has 0 amide bonds. The molecule has 17 heavy (non-hydrogen) atoms. The van der Waals surface area contributed by atoms with E-state index in [1.807, 2.05) is 0 Å². The molecule has 1 aliphatic heterocycles. The van der Waals surface area contributed by atoms with Crippen molar-refractivity contribution in [3.63, 3.8) is 0 Å². The summed E-state index contributed by atoms with van der Waals surface area (Å²) < 4.78 is 0. The maximum atomic E-state index is 5.75. The zero-order chi connectivity index (χ0) is 11.3. The van der Waals surface area contributed by atoms with Gasteiger partial charge in [-0.2, -0.15) is 0 Å². The Kier molecular flexibility index (Phi) is 10.9. The van der Waals surface area contributed by atoms with Crippen LogP contribution in [0.1, 0.15) is 26.7 Å². The third kappa shape index (κ3) is 8.22. The lowest BCUT2D eigenvalue weighted by Crippen LogP contribution is -2.40. The van der Waals surface area contributed by atoms with E-state index in [1.54, 1.807) is 0 Å². The monoisotopic (exact) mass is 285 g/mol. The summed E-state index contributed by atoms with van der Waals surface area (Å²) in [5.74, 6) is 0.879. The van der Waals surface area contributed by atoms with Crippen molar-refractivity contribution >= 4 is 24.8 Å². The highest BCUT2D eigenvalue weighted by atomic mass is 35.5. The highest BCUT2D eigenvalue weighted by Crippen LogP contribution is 2.17. The van der Waals surface area contributed by atoms with Crippen molar-refractivity contribution in [1.29, 1.82) is 0 Å². The predicted molar refractivity (Wildman–Crippen MR) is 80.4 cm³/mol. The van der Waals surface area contributed by atoms with Crippen LogP contribution >= 0.6 is 24.8 Å². The van der Waals surface area contributed by atoms with Crippen molar-refractivity contribution in [2.45, 2.75) is 26.7 Å². The lowest BCUT2D eigenvalue weighted by Gasteiger charge is -2.32. The summed E-state index contributed by atoms with van der Waals surface area (Å²) >= 11 is 0. The van der Waals surface area contributed by atoms with Gasteiger partial charge in [-0.05, 0) is 50.9 Å².